The van der Waals surface area contributed by atoms with Crippen LogP contribution in [-0.4, -0.2) is 6.54 Å². The Morgan fingerprint density at radius 1 is 0.477 bits per heavy atom. The number of allylic oxidation sites excluding steroid dienone is 2. The summed E-state index contributed by atoms with van der Waals surface area (Å²) in [6, 6.07) is 43.3. The molecule has 0 saturated heterocycles. The minimum atomic E-state index is 0.885. The number of nitrogens with one attached hydrogen (secondary N) is 1. The number of aryl methyl sites for hydroxylation is 2. The second-order valence-electron chi connectivity index (χ2n) is 12.2. The molecule has 1 nitrogen and oxygen atoms in total. The highest BCUT2D eigenvalue weighted by Gasteiger charge is 2.21. The Labute approximate surface area is 257 Å². The standard InChI is InChI=1S/C43H31N/c1-26-24-39(27(2)23-38(26)31-11-8-22-44-25-31)43-34-14-5-3-12-32(34)42(33-13-4-6-15-35(33)43)37-21-19-30-17-16-28-9-7-10-29-18-20-36(37)41(30)40(28)29/h3-21,23-25,44H,22H2,1-2H3. The third-order valence-electron chi connectivity index (χ3n) is 9.67. The van der Waals surface area contributed by atoms with Crippen molar-refractivity contribution < 1.29 is 0 Å². The van der Waals surface area contributed by atoms with Crippen molar-refractivity contribution in [3.05, 3.63) is 150 Å². The Hall–Kier alpha value is -5.40. The number of hydrogen-bond donors (Lipinski definition) is 1. The molecular weight excluding hydrogens is 530 g/mol. The van der Waals surface area contributed by atoms with Gasteiger partial charge in [-0.1, -0.05) is 127 Å². The molecule has 0 saturated carbocycles. The van der Waals surface area contributed by atoms with Crippen molar-refractivity contribution in [2.24, 2.45) is 0 Å². The lowest BCUT2D eigenvalue weighted by atomic mass is 9.82. The summed E-state index contributed by atoms with van der Waals surface area (Å²) >= 11 is 0. The Balaban J connectivity index is 1.38. The van der Waals surface area contributed by atoms with Gasteiger partial charge in [0.1, 0.15) is 0 Å². The van der Waals surface area contributed by atoms with Gasteiger partial charge in [-0.05, 0) is 112 Å². The summed E-state index contributed by atoms with van der Waals surface area (Å²) in [5.41, 5.74) is 10.3. The third-order valence-corrected chi connectivity index (χ3v) is 9.67. The van der Waals surface area contributed by atoms with Gasteiger partial charge in [-0.15, -0.1) is 0 Å². The minimum Gasteiger partial charge on any atom is -0.387 e. The largest absolute Gasteiger partial charge is 0.387 e. The zero-order valence-corrected chi connectivity index (χ0v) is 24.9. The van der Waals surface area contributed by atoms with E-state index in [0.717, 1.165) is 6.54 Å². The molecule has 1 heteroatoms. The van der Waals surface area contributed by atoms with E-state index in [0.29, 0.717) is 0 Å². The van der Waals surface area contributed by atoms with Gasteiger partial charge in [-0.3, -0.25) is 0 Å². The van der Waals surface area contributed by atoms with E-state index < -0.39 is 0 Å². The van der Waals surface area contributed by atoms with Crippen LogP contribution in [0.25, 0.3) is 81.7 Å². The molecule has 0 unspecified atom stereocenters. The number of hydrogen-bond acceptors (Lipinski definition) is 1. The van der Waals surface area contributed by atoms with Crippen molar-refractivity contribution in [2.75, 3.05) is 6.54 Å². The highest BCUT2D eigenvalue weighted by molar-refractivity contribution is 6.29. The van der Waals surface area contributed by atoms with Gasteiger partial charge < -0.3 is 5.32 Å². The summed E-state index contributed by atoms with van der Waals surface area (Å²) in [5.74, 6) is 0. The predicted octanol–water partition coefficient (Wildman–Crippen LogP) is 11.3. The van der Waals surface area contributed by atoms with Gasteiger partial charge in [0, 0.05) is 12.7 Å². The minimum absolute atomic E-state index is 0.885. The molecule has 1 aliphatic heterocycles. The molecule has 0 amide bonds. The Kier molecular flexibility index (Phi) is 5.46. The molecule has 0 radical (unpaired) electrons. The first-order valence-electron chi connectivity index (χ1n) is 15.5. The van der Waals surface area contributed by atoms with Gasteiger partial charge in [-0.2, -0.15) is 0 Å². The highest BCUT2D eigenvalue weighted by atomic mass is 14.8. The van der Waals surface area contributed by atoms with Crippen LogP contribution in [-0.2, 0) is 0 Å². The van der Waals surface area contributed by atoms with Crippen molar-refractivity contribution in [1.82, 2.24) is 5.32 Å². The van der Waals surface area contributed by atoms with Gasteiger partial charge in [-0.25, -0.2) is 0 Å². The Morgan fingerprint density at radius 3 is 1.66 bits per heavy atom. The van der Waals surface area contributed by atoms with Crippen molar-refractivity contribution in [2.45, 2.75) is 13.8 Å². The van der Waals surface area contributed by atoms with Crippen LogP contribution in [0.2, 0.25) is 0 Å². The monoisotopic (exact) mass is 561 g/mol. The van der Waals surface area contributed by atoms with Crippen LogP contribution >= 0.6 is 0 Å². The fourth-order valence-electron chi connectivity index (χ4n) is 7.70. The lowest BCUT2D eigenvalue weighted by Gasteiger charge is -2.22. The van der Waals surface area contributed by atoms with Crippen molar-refractivity contribution in [3.63, 3.8) is 0 Å². The molecule has 208 valence electrons. The summed E-state index contributed by atoms with van der Waals surface area (Å²) in [6.45, 7) is 5.39. The van der Waals surface area contributed by atoms with Crippen LogP contribution in [0.3, 0.4) is 0 Å². The van der Waals surface area contributed by atoms with Crippen LogP contribution in [0.15, 0.2) is 134 Å². The molecule has 0 atom stereocenters. The lowest BCUT2D eigenvalue weighted by molar-refractivity contribution is 0.976. The quantitative estimate of drug-likeness (QED) is 0.167. The molecule has 1 heterocycles. The zero-order chi connectivity index (χ0) is 29.4. The maximum absolute atomic E-state index is 3.38. The van der Waals surface area contributed by atoms with Crippen molar-refractivity contribution in [3.8, 4) is 22.3 Å². The van der Waals surface area contributed by atoms with Crippen LogP contribution < -0.4 is 5.32 Å². The molecule has 8 aromatic rings. The van der Waals surface area contributed by atoms with E-state index in [1.165, 1.54) is 98.4 Å². The van der Waals surface area contributed by atoms with Crippen LogP contribution in [0.5, 0.6) is 0 Å². The SMILES string of the molecule is Cc1cc(-c2c3ccccc3c(-c3ccc4ccc5cccc6ccc3c4c56)c3ccccc23)c(C)cc1C1=CNCC=C1. The molecule has 1 N–H and O–H groups in total. The first kappa shape index (κ1) is 25.1. The first-order chi connectivity index (χ1) is 21.7. The van der Waals surface area contributed by atoms with E-state index in [-0.39, 0.29) is 0 Å². The summed E-state index contributed by atoms with van der Waals surface area (Å²) < 4.78 is 0. The predicted molar refractivity (Wildman–Crippen MR) is 191 cm³/mol. The maximum Gasteiger partial charge on any atom is 0.0328 e. The van der Waals surface area contributed by atoms with Gasteiger partial charge in [0.25, 0.3) is 0 Å². The zero-order valence-electron chi connectivity index (χ0n) is 24.9. The second-order valence-corrected chi connectivity index (χ2v) is 12.2. The van der Waals surface area contributed by atoms with E-state index in [1.54, 1.807) is 0 Å². The molecule has 0 aromatic heterocycles. The molecule has 44 heavy (non-hydrogen) atoms. The van der Waals surface area contributed by atoms with E-state index in [9.17, 15) is 0 Å². The topological polar surface area (TPSA) is 12.0 Å². The number of dihydropyridines is 1. The van der Waals surface area contributed by atoms with Crippen molar-refractivity contribution >= 4 is 59.4 Å². The molecule has 0 aliphatic carbocycles. The number of rotatable bonds is 3. The molecular formula is C43H31N. The van der Waals surface area contributed by atoms with Crippen LogP contribution in [0, 0.1) is 13.8 Å². The van der Waals surface area contributed by atoms with E-state index >= 15 is 0 Å². The smallest absolute Gasteiger partial charge is 0.0328 e. The fraction of sp³-hybridized carbons (Fsp3) is 0.0698. The van der Waals surface area contributed by atoms with E-state index in [4.69, 9.17) is 0 Å². The Bertz CT molecular complexity index is 2440. The van der Waals surface area contributed by atoms with E-state index in [2.05, 4.69) is 153 Å². The molecule has 0 bridgehead atoms. The average molecular weight is 562 g/mol. The Morgan fingerprint density at radius 2 is 1.02 bits per heavy atom. The maximum atomic E-state index is 3.38. The first-order valence-corrected chi connectivity index (χ1v) is 15.5. The second kappa shape index (κ2) is 9.56. The number of fused-ring (bicyclic) bond motifs is 2. The van der Waals surface area contributed by atoms with Crippen LogP contribution in [0.4, 0.5) is 0 Å². The molecule has 0 spiro atoms. The van der Waals surface area contributed by atoms with Gasteiger partial charge in [0.05, 0.1) is 0 Å². The van der Waals surface area contributed by atoms with E-state index in [1.807, 2.05) is 0 Å². The normalized spacial score (nSPS) is 13.4. The summed E-state index contributed by atoms with van der Waals surface area (Å²) in [4.78, 5) is 0. The summed E-state index contributed by atoms with van der Waals surface area (Å²) in [6.07, 6.45) is 6.56. The summed E-state index contributed by atoms with van der Waals surface area (Å²) in [5, 5.41) is 16.5. The average Bonchev–Trinajstić information content (AvgIpc) is 3.07. The third kappa shape index (κ3) is 3.59. The van der Waals surface area contributed by atoms with Crippen molar-refractivity contribution in [1.29, 1.82) is 0 Å². The molecule has 9 rings (SSSR count). The number of benzene rings is 8. The van der Waals surface area contributed by atoms with Gasteiger partial charge in [0.2, 0.25) is 0 Å². The van der Waals surface area contributed by atoms with Gasteiger partial charge in [0.15, 0.2) is 0 Å². The molecule has 1 aliphatic rings. The highest BCUT2D eigenvalue weighted by Crippen LogP contribution is 2.48. The lowest BCUT2D eigenvalue weighted by Crippen LogP contribution is -2.09. The van der Waals surface area contributed by atoms with Gasteiger partial charge >= 0.3 is 0 Å². The van der Waals surface area contributed by atoms with Crippen LogP contribution in [0.1, 0.15) is 16.7 Å². The molecule has 0 fully saturated rings. The fourth-order valence-corrected chi connectivity index (χ4v) is 7.70. The molecule has 8 aromatic carbocycles. The summed E-state index contributed by atoms with van der Waals surface area (Å²) in [7, 11) is 0.